The number of nitrogens with zero attached hydrogens (tertiary/aromatic N) is 4. The summed E-state index contributed by atoms with van der Waals surface area (Å²) < 4.78 is 2.08. The molecule has 1 aromatic heterocycles. The minimum absolute atomic E-state index is 0.0258. The zero-order chi connectivity index (χ0) is 20.5. The summed E-state index contributed by atoms with van der Waals surface area (Å²) in [5.74, 6) is 1.57. The van der Waals surface area contributed by atoms with Gasteiger partial charge >= 0.3 is 0 Å². The summed E-state index contributed by atoms with van der Waals surface area (Å²) in [5, 5.41) is 4.12. The molecule has 2 rings (SSSR count). The molecule has 0 fully saturated rings. The summed E-state index contributed by atoms with van der Waals surface area (Å²) in [6, 6.07) is 11.9. The van der Waals surface area contributed by atoms with Crippen molar-refractivity contribution < 1.29 is 4.79 Å². The Balaban J connectivity index is 1.94. The van der Waals surface area contributed by atoms with Gasteiger partial charge in [0.2, 0.25) is 5.91 Å². The zero-order valence-corrected chi connectivity index (χ0v) is 18.4. The summed E-state index contributed by atoms with van der Waals surface area (Å²) in [6.07, 6.45) is 2.02. The molecular weight excluding hydrogens is 394 g/mol. The molecule has 0 bridgehead atoms. The van der Waals surface area contributed by atoms with E-state index in [-0.39, 0.29) is 12.5 Å². The number of nitrogens with one attached hydrogen (secondary N) is 1. The SMILES string of the molecule is CN(C)C(=O)CN=C(NCCSc1ccc(Cl)cc1)N(C)Cc1cccn1C. The van der Waals surface area contributed by atoms with Crippen LogP contribution in [0.4, 0.5) is 0 Å². The second-order valence-corrected chi connectivity index (χ2v) is 8.23. The predicted octanol–water partition coefficient (Wildman–Crippen LogP) is 2.94. The number of aromatic nitrogens is 1. The monoisotopic (exact) mass is 421 g/mol. The van der Waals surface area contributed by atoms with Crippen LogP contribution in [0.15, 0.2) is 52.5 Å². The van der Waals surface area contributed by atoms with Gasteiger partial charge in [-0.25, -0.2) is 4.99 Å². The maximum Gasteiger partial charge on any atom is 0.243 e. The van der Waals surface area contributed by atoms with Crippen molar-refractivity contribution in [2.45, 2.75) is 11.4 Å². The number of thioether (sulfide) groups is 1. The Kier molecular flexibility index (Phi) is 8.73. The molecule has 0 spiro atoms. The van der Waals surface area contributed by atoms with Crippen molar-refractivity contribution in [3.63, 3.8) is 0 Å². The molecule has 0 aliphatic carbocycles. The van der Waals surface area contributed by atoms with Crippen LogP contribution in [0.1, 0.15) is 5.69 Å². The topological polar surface area (TPSA) is 52.9 Å². The zero-order valence-electron chi connectivity index (χ0n) is 16.9. The van der Waals surface area contributed by atoms with Crippen LogP contribution in [-0.4, -0.2) is 66.2 Å². The number of likely N-dealkylation sites (N-methyl/N-ethyl adjacent to an activating group) is 1. The van der Waals surface area contributed by atoms with Crippen LogP contribution in [0.3, 0.4) is 0 Å². The molecule has 1 N–H and O–H groups in total. The first-order valence-electron chi connectivity index (χ1n) is 9.05. The number of carbonyl (C=O) groups excluding carboxylic acids is 1. The first-order chi connectivity index (χ1) is 13.4. The number of aliphatic imine (C=N–C) groups is 1. The van der Waals surface area contributed by atoms with Gasteiger partial charge in [-0.1, -0.05) is 11.6 Å². The van der Waals surface area contributed by atoms with E-state index in [9.17, 15) is 4.79 Å². The molecule has 6 nitrogen and oxygen atoms in total. The molecule has 0 unspecified atom stereocenters. The Labute approximate surface area is 176 Å². The standard InChI is InChI=1S/C20H28ClN5OS/c1-24(2)19(27)14-23-20(26(4)15-17-6-5-12-25(17)3)22-11-13-28-18-9-7-16(21)8-10-18/h5-10,12H,11,13-15H2,1-4H3,(H,22,23). The van der Waals surface area contributed by atoms with Crippen LogP contribution in [0.2, 0.25) is 5.02 Å². The average molecular weight is 422 g/mol. The van der Waals surface area contributed by atoms with Gasteiger partial charge in [0.25, 0.3) is 0 Å². The van der Waals surface area contributed by atoms with Crippen molar-refractivity contribution in [1.29, 1.82) is 0 Å². The van der Waals surface area contributed by atoms with Crippen LogP contribution in [0, 0.1) is 0 Å². The third kappa shape index (κ3) is 7.13. The van der Waals surface area contributed by atoms with Gasteiger partial charge in [0.05, 0.1) is 6.54 Å². The summed E-state index contributed by atoms with van der Waals surface area (Å²) in [7, 11) is 7.47. The molecule has 1 amide bonds. The number of halogens is 1. The van der Waals surface area contributed by atoms with E-state index >= 15 is 0 Å². The van der Waals surface area contributed by atoms with E-state index in [1.54, 1.807) is 30.8 Å². The molecule has 0 atom stereocenters. The Morgan fingerprint density at radius 2 is 1.93 bits per heavy atom. The summed E-state index contributed by atoms with van der Waals surface area (Å²) >= 11 is 7.67. The maximum absolute atomic E-state index is 11.9. The normalized spacial score (nSPS) is 11.4. The Morgan fingerprint density at radius 1 is 1.21 bits per heavy atom. The number of hydrogen-bond acceptors (Lipinski definition) is 3. The van der Waals surface area contributed by atoms with Gasteiger partial charge in [-0.2, -0.15) is 0 Å². The summed E-state index contributed by atoms with van der Waals surface area (Å²) in [5.41, 5.74) is 1.17. The van der Waals surface area contributed by atoms with Gasteiger partial charge < -0.3 is 19.7 Å². The van der Waals surface area contributed by atoms with Crippen molar-refractivity contribution in [3.8, 4) is 0 Å². The molecule has 0 radical (unpaired) electrons. The van der Waals surface area contributed by atoms with E-state index in [1.165, 1.54) is 10.6 Å². The van der Waals surface area contributed by atoms with Crippen LogP contribution in [-0.2, 0) is 18.4 Å². The van der Waals surface area contributed by atoms with Gasteiger partial charge in [0.15, 0.2) is 5.96 Å². The fraction of sp³-hybridized carbons (Fsp3) is 0.400. The lowest BCUT2D eigenvalue weighted by Crippen LogP contribution is -2.40. The minimum atomic E-state index is -0.0258. The quantitative estimate of drug-likeness (QED) is 0.308. The van der Waals surface area contributed by atoms with E-state index in [0.29, 0.717) is 12.5 Å². The molecule has 152 valence electrons. The number of guanidine groups is 1. The van der Waals surface area contributed by atoms with Crippen LogP contribution >= 0.6 is 23.4 Å². The Hall–Kier alpha value is -2.12. The lowest BCUT2D eigenvalue weighted by Gasteiger charge is -2.23. The van der Waals surface area contributed by atoms with E-state index < -0.39 is 0 Å². The fourth-order valence-electron chi connectivity index (χ4n) is 2.44. The van der Waals surface area contributed by atoms with E-state index in [1.807, 2.05) is 55.5 Å². The fourth-order valence-corrected chi connectivity index (χ4v) is 3.33. The van der Waals surface area contributed by atoms with Crippen molar-refractivity contribution in [1.82, 2.24) is 19.7 Å². The summed E-state index contributed by atoms with van der Waals surface area (Å²) in [6.45, 7) is 1.56. The van der Waals surface area contributed by atoms with Crippen molar-refractivity contribution in [3.05, 3.63) is 53.3 Å². The number of benzene rings is 1. The second-order valence-electron chi connectivity index (χ2n) is 6.62. The first-order valence-corrected chi connectivity index (χ1v) is 10.4. The van der Waals surface area contributed by atoms with Gasteiger partial charge in [-0.05, 0) is 36.4 Å². The van der Waals surface area contributed by atoms with Crippen molar-refractivity contribution in [2.24, 2.45) is 12.0 Å². The molecular formula is C20H28ClN5OS. The largest absolute Gasteiger partial charge is 0.355 e. The Morgan fingerprint density at radius 3 is 2.54 bits per heavy atom. The summed E-state index contributed by atoms with van der Waals surface area (Å²) in [4.78, 5) is 21.2. The molecule has 28 heavy (non-hydrogen) atoms. The lowest BCUT2D eigenvalue weighted by atomic mass is 10.4. The lowest BCUT2D eigenvalue weighted by molar-refractivity contribution is -0.127. The van der Waals surface area contributed by atoms with E-state index in [2.05, 4.69) is 20.9 Å². The van der Waals surface area contributed by atoms with Gasteiger partial charge in [-0.15, -0.1) is 11.8 Å². The average Bonchev–Trinajstić information content (AvgIpc) is 3.06. The van der Waals surface area contributed by atoms with Crippen molar-refractivity contribution >= 4 is 35.2 Å². The van der Waals surface area contributed by atoms with Gasteiger partial charge in [0, 0.05) is 62.3 Å². The maximum atomic E-state index is 11.9. The molecule has 2 aromatic rings. The van der Waals surface area contributed by atoms with Crippen molar-refractivity contribution in [2.75, 3.05) is 40.0 Å². The highest BCUT2D eigenvalue weighted by atomic mass is 35.5. The molecule has 0 saturated carbocycles. The third-order valence-corrected chi connectivity index (χ3v) is 5.41. The molecule has 0 aliphatic heterocycles. The predicted molar refractivity (Wildman–Crippen MR) is 118 cm³/mol. The highest BCUT2D eigenvalue weighted by molar-refractivity contribution is 7.99. The first kappa shape index (κ1) is 22.2. The third-order valence-electron chi connectivity index (χ3n) is 4.14. The smallest absolute Gasteiger partial charge is 0.243 e. The second kappa shape index (κ2) is 11.0. The number of carbonyl (C=O) groups is 1. The highest BCUT2D eigenvalue weighted by Gasteiger charge is 2.11. The number of rotatable bonds is 8. The van der Waals surface area contributed by atoms with E-state index in [4.69, 9.17) is 11.6 Å². The van der Waals surface area contributed by atoms with Gasteiger partial charge in [-0.3, -0.25) is 4.79 Å². The van der Waals surface area contributed by atoms with Gasteiger partial charge in [0.1, 0.15) is 6.54 Å². The molecule has 0 aliphatic rings. The molecule has 1 heterocycles. The Bertz CT molecular complexity index is 788. The molecule has 8 heteroatoms. The van der Waals surface area contributed by atoms with Crippen LogP contribution in [0.5, 0.6) is 0 Å². The molecule has 0 saturated heterocycles. The number of aryl methyl sites for hydroxylation is 1. The highest BCUT2D eigenvalue weighted by Crippen LogP contribution is 2.19. The minimum Gasteiger partial charge on any atom is -0.355 e. The number of amides is 1. The van der Waals surface area contributed by atoms with Crippen LogP contribution in [0.25, 0.3) is 0 Å². The van der Waals surface area contributed by atoms with E-state index in [0.717, 1.165) is 17.3 Å². The number of hydrogen-bond donors (Lipinski definition) is 1. The molecule has 1 aromatic carbocycles. The van der Waals surface area contributed by atoms with Crippen LogP contribution < -0.4 is 5.32 Å².